The molecule has 2 aromatic rings. The maximum atomic E-state index is 6.19. The standard InChI is InChI=1S/C19H33ClN4O/c1-4-5-6-7-8-9-10-11-12-13-14-25-16(3)18-21-19-17(20)15(2)22-24(19)23-18/h16,22H,4-14H2,1-3H3. The van der Waals surface area contributed by atoms with E-state index in [2.05, 4.69) is 22.1 Å². The molecule has 0 bridgehead atoms. The molecule has 2 rings (SSSR count). The van der Waals surface area contributed by atoms with Crippen LogP contribution in [0.2, 0.25) is 5.02 Å². The molecule has 1 atom stereocenters. The van der Waals surface area contributed by atoms with Gasteiger partial charge in [0.25, 0.3) is 0 Å². The summed E-state index contributed by atoms with van der Waals surface area (Å²) >= 11 is 6.19. The molecular formula is C19H33ClN4O. The predicted octanol–water partition coefficient (Wildman–Crippen LogP) is 6.02. The summed E-state index contributed by atoms with van der Waals surface area (Å²) in [4.78, 5) is 4.47. The van der Waals surface area contributed by atoms with Gasteiger partial charge in [-0.15, -0.1) is 5.10 Å². The van der Waals surface area contributed by atoms with Crippen LogP contribution in [-0.4, -0.2) is 26.4 Å². The van der Waals surface area contributed by atoms with Gasteiger partial charge in [0.15, 0.2) is 11.5 Å². The summed E-state index contributed by atoms with van der Waals surface area (Å²) in [6, 6.07) is 0. The molecule has 0 spiro atoms. The summed E-state index contributed by atoms with van der Waals surface area (Å²) in [5.41, 5.74) is 1.55. The highest BCUT2D eigenvalue weighted by Gasteiger charge is 2.16. The lowest BCUT2D eigenvalue weighted by Gasteiger charge is -2.09. The summed E-state index contributed by atoms with van der Waals surface area (Å²) in [6.45, 7) is 6.93. The van der Waals surface area contributed by atoms with Crippen molar-refractivity contribution in [1.82, 2.24) is 19.8 Å². The molecule has 0 saturated carbocycles. The Bertz CT molecular complexity index is 622. The van der Waals surface area contributed by atoms with Crippen molar-refractivity contribution < 1.29 is 4.74 Å². The van der Waals surface area contributed by atoms with Crippen molar-refractivity contribution in [2.45, 2.75) is 91.1 Å². The molecule has 6 heteroatoms. The molecule has 2 heterocycles. The molecule has 1 unspecified atom stereocenters. The molecule has 25 heavy (non-hydrogen) atoms. The minimum atomic E-state index is -0.108. The first kappa shape index (κ1) is 20.2. The largest absolute Gasteiger partial charge is 0.370 e. The summed E-state index contributed by atoms with van der Waals surface area (Å²) in [5, 5.41) is 8.10. The van der Waals surface area contributed by atoms with Crippen LogP contribution in [0.15, 0.2) is 0 Å². The average Bonchev–Trinajstić information content (AvgIpc) is 3.12. The van der Waals surface area contributed by atoms with Crippen LogP contribution >= 0.6 is 11.6 Å². The van der Waals surface area contributed by atoms with E-state index >= 15 is 0 Å². The van der Waals surface area contributed by atoms with E-state index in [0.717, 1.165) is 18.7 Å². The van der Waals surface area contributed by atoms with Crippen LogP contribution in [-0.2, 0) is 4.74 Å². The van der Waals surface area contributed by atoms with Gasteiger partial charge in [-0.2, -0.15) is 4.63 Å². The van der Waals surface area contributed by atoms with Gasteiger partial charge in [-0.3, -0.25) is 5.10 Å². The highest BCUT2D eigenvalue weighted by molar-refractivity contribution is 6.34. The van der Waals surface area contributed by atoms with Crippen molar-refractivity contribution >= 4 is 17.2 Å². The van der Waals surface area contributed by atoms with Gasteiger partial charge in [-0.05, 0) is 20.3 Å². The van der Waals surface area contributed by atoms with Gasteiger partial charge in [0.2, 0.25) is 0 Å². The zero-order valence-electron chi connectivity index (χ0n) is 16.0. The number of rotatable bonds is 13. The smallest absolute Gasteiger partial charge is 0.194 e. The fraction of sp³-hybridized carbons (Fsp3) is 0.789. The average molecular weight is 369 g/mol. The van der Waals surface area contributed by atoms with Crippen molar-refractivity contribution in [3.05, 3.63) is 16.5 Å². The molecule has 0 aliphatic carbocycles. The zero-order chi connectivity index (χ0) is 18.1. The van der Waals surface area contributed by atoms with Crippen molar-refractivity contribution in [3.63, 3.8) is 0 Å². The molecule has 5 nitrogen and oxygen atoms in total. The number of halogens is 1. The number of unbranched alkanes of at least 4 members (excludes halogenated alkanes) is 9. The SMILES string of the molecule is CCCCCCCCCCCCOC(C)c1nc2c(Cl)c(C)[nH]n2n1. The lowest BCUT2D eigenvalue weighted by Crippen LogP contribution is -2.04. The summed E-state index contributed by atoms with van der Waals surface area (Å²) in [5.74, 6) is 0.681. The quantitative estimate of drug-likeness (QED) is 0.440. The third-order valence-corrected chi connectivity index (χ3v) is 5.10. The number of aromatic nitrogens is 4. The van der Waals surface area contributed by atoms with E-state index in [0.29, 0.717) is 16.5 Å². The Morgan fingerprint density at radius 2 is 1.64 bits per heavy atom. The molecule has 0 aliphatic heterocycles. The normalized spacial score (nSPS) is 13.0. The van der Waals surface area contributed by atoms with Gasteiger partial charge in [0.1, 0.15) is 11.1 Å². The van der Waals surface area contributed by atoms with Gasteiger partial charge in [0.05, 0.1) is 5.69 Å². The minimum Gasteiger partial charge on any atom is -0.370 e. The number of nitrogens with zero attached hydrogens (tertiary/aromatic N) is 3. The van der Waals surface area contributed by atoms with E-state index in [9.17, 15) is 0 Å². The van der Waals surface area contributed by atoms with Crippen LogP contribution in [0.5, 0.6) is 0 Å². The van der Waals surface area contributed by atoms with Gasteiger partial charge in [-0.25, -0.2) is 4.98 Å². The molecule has 0 fully saturated rings. The number of nitrogens with one attached hydrogen (secondary N) is 1. The van der Waals surface area contributed by atoms with Gasteiger partial charge < -0.3 is 4.74 Å². The molecule has 0 aromatic carbocycles. The third kappa shape index (κ3) is 6.30. The molecule has 0 radical (unpaired) electrons. The van der Waals surface area contributed by atoms with E-state index in [-0.39, 0.29) is 6.10 Å². The summed E-state index contributed by atoms with van der Waals surface area (Å²) in [7, 11) is 0. The maximum absolute atomic E-state index is 6.19. The molecule has 0 aliphatic rings. The van der Waals surface area contributed by atoms with Crippen LogP contribution in [0, 0.1) is 6.92 Å². The molecule has 2 aromatic heterocycles. The second kappa shape index (κ2) is 10.8. The number of hydrogen-bond donors (Lipinski definition) is 1. The lowest BCUT2D eigenvalue weighted by atomic mass is 10.1. The van der Waals surface area contributed by atoms with Gasteiger partial charge in [-0.1, -0.05) is 76.3 Å². The maximum Gasteiger partial charge on any atom is 0.194 e. The van der Waals surface area contributed by atoms with Gasteiger partial charge >= 0.3 is 0 Å². The van der Waals surface area contributed by atoms with E-state index in [1.807, 2.05) is 13.8 Å². The molecular weight excluding hydrogens is 336 g/mol. The molecule has 0 saturated heterocycles. The van der Waals surface area contributed by atoms with E-state index in [4.69, 9.17) is 16.3 Å². The van der Waals surface area contributed by atoms with Crippen molar-refractivity contribution in [2.24, 2.45) is 0 Å². The van der Waals surface area contributed by atoms with E-state index in [1.165, 1.54) is 57.8 Å². The first-order chi connectivity index (χ1) is 12.1. The number of ether oxygens (including phenoxy) is 1. The fourth-order valence-electron chi connectivity index (χ4n) is 3.02. The third-order valence-electron chi connectivity index (χ3n) is 4.65. The van der Waals surface area contributed by atoms with Crippen molar-refractivity contribution in [3.8, 4) is 0 Å². The number of hydrogen-bond acceptors (Lipinski definition) is 3. The van der Waals surface area contributed by atoms with Gasteiger partial charge in [0, 0.05) is 6.61 Å². The highest BCUT2D eigenvalue weighted by atomic mass is 35.5. The van der Waals surface area contributed by atoms with Crippen LogP contribution in [0.25, 0.3) is 5.65 Å². The van der Waals surface area contributed by atoms with E-state index < -0.39 is 0 Å². The number of fused-ring (bicyclic) bond motifs is 1. The van der Waals surface area contributed by atoms with Crippen molar-refractivity contribution in [2.75, 3.05) is 6.61 Å². The first-order valence-corrected chi connectivity index (χ1v) is 10.2. The molecule has 142 valence electrons. The second-order valence-corrected chi connectivity index (χ2v) is 7.33. The monoisotopic (exact) mass is 368 g/mol. The number of aromatic amines is 1. The first-order valence-electron chi connectivity index (χ1n) is 9.85. The van der Waals surface area contributed by atoms with Crippen LogP contribution in [0.4, 0.5) is 0 Å². The molecule has 1 N–H and O–H groups in total. The number of aryl methyl sites for hydroxylation is 1. The van der Waals surface area contributed by atoms with Crippen LogP contribution in [0.1, 0.15) is 95.7 Å². The minimum absolute atomic E-state index is 0.108. The van der Waals surface area contributed by atoms with Crippen molar-refractivity contribution in [1.29, 1.82) is 0 Å². The highest BCUT2D eigenvalue weighted by Crippen LogP contribution is 2.22. The lowest BCUT2D eigenvalue weighted by molar-refractivity contribution is 0.0569. The van der Waals surface area contributed by atoms with E-state index in [1.54, 1.807) is 4.63 Å². The van der Waals surface area contributed by atoms with Crippen LogP contribution in [0.3, 0.4) is 0 Å². The second-order valence-electron chi connectivity index (χ2n) is 6.95. The Hall–Kier alpha value is -1.07. The Balaban J connectivity index is 1.54. The number of H-pyrrole nitrogens is 1. The topological polar surface area (TPSA) is 55.2 Å². The summed E-state index contributed by atoms with van der Waals surface area (Å²) in [6.07, 6.45) is 13.2. The molecule has 0 amide bonds. The summed E-state index contributed by atoms with van der Waals surface area (Å²) < 4.78 is 7.49. The Kier molecular flexibility index (Phi) is 8.76. The Morgan fingerprint density at radius 1 is 1.04 bits per heavy atom. The zero-order valence-corrected chi connectivity index (χ0v) is 16.7. The van der Waals surface area contributed by atoms with Crippen LogP contribution < -0.4 is 0 Å². The Labute approximate surface area is 156 Å². The predicted molar refractivity (Wildman–Crippen MR) is 103 cm³/mol. The fourth-order valence-corrected chi connectivity index (χ4v) is 3.18. The Morgan fingerprint density at radius 3 is 2.24 bits per heavy atom.